The number of nitrogens with one attached hydrogen (secondary N) is 1. The molecule has 1 aromatic rings. The van der Waals surface area contributed by atoms with Crippen LogP contribution in [0.3, 0.4) is 0 Å². The van der Waals surface area contributed by atoms with E-state index in [2.05, 4.69) is 27.2 Å². The first-order chi connectivity index (χ1) is 8.19. The molecule has 2 rings (SSSR count). The molecule has 1 aromatic heterocycles. The fraction of sp³-hybridized carbons (Fsp3) is 0.667. The third kappa shape index (κ3) is 3.56. The van der Waals surface area contributed by atoms with Gasteiger partial charge in [-0.05, 0) is 26.8 Å². The van der Waals surface area contributed by atoms with Crippen LogP contribution in [0.4, 0.5) is 5.95 Å². The van der Waals surface area contributed by atoms with Crippen molar-refractivity contribution in [3.05, 3.63) is 11.8 Å². The molecule has 1 N–H and O–H groups in total. The number of aromatic nitrogens is 2. The first-order valence-electron chi connectivity index (χ1n) is 6.05. The second-order valence-corrected chi connectivity index (χ2v) is 4.48. The molecule has 1 heterocycles. The molecule has 17 heavy (non-hydrogen) atoms. The first kappa shape index (κ1) is 12.1. The van der Waals surface area contributed by atoms with Crippen molar-refractivity contribution < 1.29 is 4.74 Å². The second kappa shape index (κ2) is 5.31. The Morgan fingerprint density at radius 1 is 1.47 bits per heavy atom. The lowest BCUT2D eigenvalue weighted by atomic mass is 10.4. The van der Waals surface area contributed by atoms with E-state index in [0.717, 1.165) is 18.3 Å². The molecular weight excluding hydrogens is 216 g/mol. The van der Waals surface area contributed by atoms with E-state index in [1.54, 1.807) is 7.05 Å². The smallest absolute Gasteiger partial charge is 0.225 e. The molecule has 1 fully saturated rings. The number of aryl methyl sites for hydroxylation is 1. The first-order valence-corrected chi connectivity index (χ1v) is 6.05. The van der Waals surface area contributed by atoms with E-state index in [1.165, 1.54) is 12.8 Å². The minimum Gasteiger partial charge on any atom is -0.476 e. The van der Waals surface area contributed by atoms with E-state index >= 15 is 0 Å². The van der Waals surface area contributed by atoms with Gasteiger partial charge in [0.05, 0.1) is 0 Å². The van der Waals surface area contributed by atoms with Gasteiger partial charge < -0.3 is 15.0 Å². The normalized spacial score (nSPS) is 15.1. The Kier molecular flexibility index (Phi) is 3.78. The van der Waals surface area contributed by atoms with Gasteiger partial charge in [0.1, 0.15) is 6.61 Å². The molecule has 0 spiro atoms. The summed E-state index contributed by atoms with van der Waals surface area (Å²) in [7, 11) is 3.95. The van der Waals surface area contributed by atoms with Crippen LogP contribution in [-0.4, -0.2) is 48.2 Å². The number of nitrogens with zero attached hydrogens (tertiary/aromatic N) is 3. The Hall–Kier alpha value is -1.36. The van der Waals surface area contributed by atoms with Crippen molar-refractivity contribution in [2.24, 2.45) is 0 Å². The van der Waals surface area contributed by atoms with Crippen LogP contribution in [-0.2, 0) is 0 Å². The monoisotopic (exact) mass is 236 g/mol. The van der Waals surface area contributed by atoms with Crippen LogP contribution in [0.25, 0.3) is 0 Å². The minimum absolute atomic E-state index is 0.607. The molecule has 0 aromatic carbocycles. The van der Waals surface area contributed by atoms with Gasteiger partial charge in [-0.2, -0.15) is 4.98 Å². The third-order valence-corrected chi connectivity index (χ3v) is 2.92. The number of anilines is 1. The van der Waals surface area contributed by atoms with Gasteiger partial charge in [0, 0.05) is 31.4 Å². The van der Waals surface area contributed by atoms with Crippen LogP contribution in [0.15, 0.2) is 6.07 Å². The Bertz CT molecular complexity index is 379. The van der Waals surface area contributed by atoms with Crippen LogP contribution in [0.5, 0.6) is 5.88 Å². The summed E-state index contributed by atoms with van der Waals surface area (Å²) in [5.74, 6) is 1.25. The predicted molar refractivity (Wildman–Crippen MR) is 67.5 cm³/mol. The largest absolute Gasteiger partial charge is 0.476 e. The lowest BCUT2D eigenvalue weighted by Crippen LogP contribution is -2.26. The maximum absolute atomic E-state index is 5.65. The van der Waals surface area contributed by atoms with Crippen molar-refractivity contribution in [1.29, 1.82) is 0 Å². The van der Waals surface area contributed by atoms with Gasteiger partial charge in [0.2, 0.25) is 11.8 Å². The predicted octanol–water partition coefficient (Wildman–Crippen LogP) is 1.30. The van der Waals surface area contributed by atoms with Crippen molar-refractivity contribution in [1.82, 2.24) is 14.9 Å². The molecule has 0 saturated heterocycles. The van der Waals surface area contributed by atoms with Crippen LogP contribution < -0.4 is 10.1 Å². The number of likely N-dealkylation sites (N-methyl/N-ethyl adjacent to an activating group) is 1. The quantitative estimate of drug-likeness (QED) is 0.807. The molecule has 0 aliphatic heterocycles. The SMILES string of the molecule is CNc1nc(C)cc(OCCN(C)C2CC2)n1. The van der Waals surface area contributed by atoms with Crippen molar-refractivity contribution in [2.45, 2.75) is 25.8 Å². The molecule has 94 valence electrons. The summed E-state index contributed by atoms with van der Waals surface area (Å²) in [6.07, 6.45) is 2.65. The molecule has 1 aliphatic rings. The van der Waals surface area contributed by atoms with Crippen LogP contribution in [0.1, 0.15) is 18.5 Å². The minimum atomic E-state index is 0.607. The third-order valence-electron chi connectivity index (χ3n) is 2.92. The van der Waals surface area contributed by atoms with Crippen molar-refractivity contribution >= 4 is 5.95 Å². The Labute approximate surface area is 102 Å². The zero-order valence-corrected chi connectivity index (χ0v) is 10.7. The fourth-order valence-corrected chi connectivity index (χ4v) is 1.72. The van der Waals surface area contributed by atoms with Crippen molar-refractivity contribution in [3.8, 4) is 5.88 Å². The van der Waals surface area contributed by atoms with Crippen LogP contribution in [0, 0.1) is 6.92 Å². The van der Waals surface area contributed by atoms with E-state index in [-0.39, 0.29) is 0 Å². The molecular formula is C12H20N4O. The lowest BCUT2D eigenvalue weighted by Gasteiger charge is -2.15. The Morgan fingerprint density at radius 3 is 2.88 bits per heavy atom. The molecule has 0 bridgehead atoms. The van der Waals surface area contributed by atoms with Crippen LogP contribution in [0.2, 0.25) is 0 Å². The van der Waals surface area contributed by atoms with E-state index in [1.807, 2.05) is 13.0 Å². The molecule has 0 unspecified atom stereocenters. The van der Waals surface area contributed by atoms with Crippen molar-refractivity contribution in [2.75, 3.05) is 32.6 Å². The maximum atomic E-state index is 5.65. The fourth-order valence-electron chi connectivity index (χ4n) is 1.72. The molecule has 0 atom stereocenters. The highest BCUT2D eigenvalue weighted by atomic mass is 16.5. The Balaban J connectivity index is 1.83. The van der Waals surface area contributed by atoms with Crippen molar-refractivity contribution in [3.63, 3.8) is 0 Å². The Morgan fingerprint density at radius 2 is 2.24 bits per heavy atom. The average molecular weight is 236 g/mol. The molecule has 5 heteroatoms. The lowest BCUT2D eigenvalue weighted by molar-refractivity contribution is 0.226. The standard InChI is InChI=1S/C12H20N4O/c1-9-8-11(15-12(13-2)14-9)17-7-6-16(3)10-4-5-10/h8,10H,4-7H2,1-3H3,(H,13,14,15). The molecule has 0 radical (unpaired) electrons. The number of rotatable bonds is 6. The molecule has 1 aliphatic carbocycles. The summed E-state index contributed by atoms with van der Waals surface area (Å²) in [6, 6.07) is 2.64. The van der Waals surface area contributed by atoms with Crippen LogP contribution >= 0.6 is 0 Å². The summed E-state index contributed by atoms with van der Waals surface area (Å²) < 4.78 is 5.65. The van der Waals surface area contributed by atoms with Gasteiger partial charge in [-0.25, -0.2) is 4.98 Å². The van der Waals surface area contributed by atoms with Gasteiger partial charge >= 0.3 is 0 Å². The number of hydrogen-bond acceptors (Lipinski definition) is 5. The highest BCUT2D eigenvalue weighted by Gasteiger charge is 2.25. The second-order valence-electron chi connectivity index (χ2n) is 4.48. The topological polar surface area (TPSA) is 50.3 Å². The highest BCUT2D eigenvalue weighted by molar-refractivity contribution is 5.29. The van der Waals surface area contributed by atoms with E-state index in [4.69, 9.17) is 4.74 Å². The zero-order valence-electron chi connectivity index (χ0n) is 10.7. The maximum Gasteiger partial charge on any atom is 0.225 e. The van der Waals surface area contributed by atoms with Gasteiger partial charge in [0.15, 0.2) is 0 Å². The highest BCUT2D eigenvalue weighted by Crippen LogP contribution is 2.24. The van der Waals surface area contributed by atoms with E-state index < -0.39 is 0 Å². The van der Waals surface area contributed by atoms with Gasteiger partial charge in [-0.3, -0.25) is 0 Å². The van der Waals surface area contributed by atoms with Gasteiger partial charge in [0.25, 0.3) is 0 Å². The molecule has 1 saturated carbocycles. The molecule has 5 nitrogen and oxygen atoms in total. The zero-order chi connectivity index (χ0) is 12.3. The van der Waals surface area contributed by atoms with E-state index in [0.29, 0.717) is 18.4 Å². The van der Waals surface area contributed by atoms with E-state index in [9.17, 15) is 0 Å². The summed E-state index contributed by atoms with van der Waals surface area (Å²) in [5.41, 5.74) is 0.912. The van der Waals surface area contributed by atoms with Gasteiger partial charge in [-0.1, -0.05) is 0 Å². The summed E-state index contributed by atoms with van der Waals surface area (Å²) in [5, 5.41) is 2.92. The molecule has 0 amide bonds. The average Bonchev–Trinajstić information content (AvgIpc) is 3.12. The summed E-state index contributed by atoms with van der Waals surface area (Å²) in [6.45, 7) is 3.56. The number of ether oxygens (including phenoxy) is 1. The summed E-state index contributed by atoms with van der Waals surface area (Å²) >= 11 is 0. The summed E-state index contributed by atoms with van der Waals surface area (Å²) in [4.78, 5) is 10.8. The number of hydrogen-bond donors (Lipinski definition) is 1. The van der Waals surface area contributed by atoms with Gasteiger partial charge in [-0.15, -0.1) is 0 Å².